The number of unbranched alkanes of at least 4 members (excludes halogenated alkanes) is 1. The third-order valence-corrected chi connectivity index (χ3v) is 3.34. The first-order chi connectivity index (χ1) is 9.76. The fourth-order valence-electron chi connectivity index (χ4n) is 2.24. The Morgan fingerprint density at radius 2 is 2.15 bits per heavy atom. The van der Waals surface area contributed by atoms with Gasteiger partial charge >= 0.3 is 5.97 Å². The molecule has 0 bridgehead atoms. The van der Waals surface area contributed by atoms with Gasteiger partial charge in [0.2, 0.25) is 0 Å². The van der Waals surface area contributed by atoms with Crippen molar-refractivity contribution >= 4 is 16.9 Å². The largest absolute Gasteiger partial charge is 0.468 e. The molecule has 0 saturated heterocycles. The number of nitrogens with one attached hydrogen (secondary N) is 1. The van der Waals surface area contributed by atoms with Gasteiger partial charge in [-0.15, -0.1) is 0 Å². The third kappa shape index (κ3) is 3.39. The molecule has 108 valence electrons. The van der Waals surface area contributed by atoms with E-state index in [1.807, 2.05) is 18.2 Å². The van der Waals surface area contributed by atoms with Crippen LogP contribution < -0.4 is 5.32 Å². The monoisotopic (exact) mass is 275 g/mol. The molecule has 0 aliphatic carbocycles. The predicted molar refractivity (Wildman–Crippen MR) is 78.5 cm³/mol. The molecule has 1 heterocycles. The lowest BCUT2D eigenvalue weighted by Crippen LogP contribution is -2.23. The molecule has 0 atom stereocenters. The zero-order valence-electron chi connectivity index (χ0n) is 12.1. The fraction of sp³-hybridized carbons (Fsp3) is 0.438. The maximum absolute atomic E-state index is 11.2. The van der Waals surface area contributed by atoms with E-state index in [4.69, 9.17) is 4.42 Å². The Labute approximate surface area is 119 Å². The second-order valence-electron chi connectivity index (χ2n) is 4.78. The van der Waals surface area contributed by atoms with Crippen molar-refractivity contribution < 1.29 is 13.9 Å². The van der Waals surface area contributed by atoms with Crippen LogP contribution in [0.15, 0.2) is 28.7 Å². The number of hydrogen-bond acceptors (Lipinski definition) is 4. The van der Waals surface area contributed by atoms with Crippen molar-refractivity contribution in [2.24, 2.45) is 0 Å². The van der Waals surface area contributed by atoms with Crippen molar-refractivity contribution in [1.29, 1.82) is 0 Å². The summed E-state index contributed by atoms with van der Waals surface area (Å²) in [6.07, 6.45) is 3.16. The van der Waals surface area contributed by atoms with Gasteiger partial charge in [0.25, 0.3) is 0 Å². The van der Waals surface area contributed by atoms with Crippen LogP contribution in [-0.4, -0.2) is 19.6 Å². The SMILES string of the molecule is CCCCc1oc2ccccc2c1CNCC(=O)OC. The highest BCUT2D eigenvalue weighted by Gasteiger charge is 2.13. The Balaban J connectivity index is 2.17. The van der Waals surface area contributed by atoms with E-state index in [1.165, 1.54) is 7.11 Å². The molecule has 0 saturated carbocycles. The third-order valence-electron chi connectivity index (χ3n) is 3.34. The van der Waals surface area contributed by atoms with E-state index < -0.39 is 0 Å². The summed E-state index contributed by atoms with van der Waals surface area (Å²) >= 11 is 0. The molecule has 1 N–H and O–H groups in total. The van der Waals surface area contributed by atoms with Crippen molar-refractivity contribution in [2.45, 2.75) is 32.7 Å². The molecule has 0 radical (unpaired) electrons. The molecule has 0 unspecified atom stereocenters. The van der Waals surface area contributed by atoms with Crippen LogP contribution in [0.2, 0.25) is 0 Å². The number of carbonyl (C=O) groups is 1. The van der Waals surface area contributed by atoms with Gasteiger partial charge in [0.15, 0.2) is 0 Å². The quantitative estimate of drug-likeness (QED) is 0.789. The lowest BCUT2D eigenvalue weighted by atomic mass is 10.1. The van der Waals surface area contributed by atoms with Crippen LogP contribution >= 0.6 is 0 Å². The summed E-state index contributed by atoms with van der Waals surface area (Å²) in [6, 6.07) is 8.02. The van der Waals surface area contributed by atoms with Gasteiger partial charge in [-0.05, 0) is 12.5 Å². The van der Waals surface area contributed by atoms with Crippen LogP contribution in [0.1, 0.15) is 31.1 Å². The lowest BCUT2D eigenvalue weighted by molar-refractivity contribution is -0.139. The highest BCUT2D eigenvalue weighted by Crippen LogP contribution is 2.27. The highest BCUT2D eigenvalue weighted by molar-refractivity contribution is 5.82. The molecule has 0 spiro atoms. The normalized spacial score (nSPS) is 10.9. The minimum Gasteiger partial charge on any atom is -0.468 e. The molecule has 4 heteroatoms. The van der Waals surface area contributed by atoms with Crippen LogP contribution in [0, 0.1) is 0 Å². The molecular weight excluding hydrogens is 254 g/mol. The van der Waals surface area contributed by atoms with Crippen LogP contribution in [0.3, 0.4) is 0 Å². The molecule has 4 nitrogen and oxygen atoms in total. The van der Waals surface area contributed by atoms with Gasteiger partial charge < -0.3 is 14.5 Å². The molecule has 1 aromatic carbocycles. The molecule has 0 amide bonds. The van der Waals surface area contributed by atoms with E-state index in [1.54, 1.807) is 0 Å². The Bertz CT molecular complexity index is 574. The Morgan fingerprint density at radius 1 is 1.35 bits per heavy atom. The first kappa shape index (κ1) is 14.6. The zero-order valence-corrected chi connectivity index (χ0v) is 12.1. The summed E-state index contributed by atoms with van der Waals surface area (Å²) in [5.41, 5.74) is 2.06. The molecule has 20 heavy (non-hydrogen) atoms. The summed E-state index contributed by atoms with van der Waals surface area (Å²) < 4.78 is 10.6. The van der Waals surface area contributed by atoms with Crippen LogP contribution in [0.4, 0.5) is 0 Å². The molecule has 2 rings (SSSR count). The van der Waals surface area contributed by atoms with Crippen molar-refractivity contribution in [3.8, 4) is 0 Å². The summed E-state index contributed by atoms with van der Waals surface area (Å²) in [4.78, 5) is 11.2. The maximum atomic E-state index is 11.2. The van der Waals surface area contributed by atoms with E-state index in [2.05, 4.69) is 23.0 Å². The first-order valence-corrected chi connectivity index (χ1v) is 7.03. The summed E-state index contributed by atoms with van der Waals surface area (Å²) in [7, 11) is 1.39. The number of esters is 1. The van der Waals surface area contributed by atoms with E-state index in [9.17, 15) is 4.79 Å². The smallest absolute Gasteiger partial charge is 0.319 e. The van der Waals surface area contributed by atoms with Gasteiger partial charge in [-0.25, -0.2) is 0 Å². The fourth-order valence-corrected chi connectivity index (χ4v) is 2.24. The minimum absolute atomic E-state index is 0.212. The average molecular weight is 275 g/mol. The number of hydrogen-bond donors (Lipinski definition) is 1. The number of para-hydroxylation sites is 1. The maximum Gasteiger partial charge on any atom is 0.319 e. The second-order valence-corrected chi connectivity index (χ2v) is 4.78. The first-order valence-electron chi connectivity index (χ1n) is 7.03. The predicted octanol–water partition coefficient (Wildman–Crippen LogP) is 3.04. The van der Waals surface area contributed by atoms with Gasteiger partial charge in [0.05, 0.1) is 13.7 Å². The van der Waals surface area contributed by atoms with Crippen molar-refractivity contribution in [3.05, 3.63) is 35.6 Å². The van der Waals surface area contributed by atoms with Crippen molar-refractivity contribution in [1.82, 2.24) is 5.32 Å². The summed E-state index contributed by atoms with van der Waals surface area (Å²) in [5, 5.41) is 4.23. The topological polar surface area (TPSA) is 51.5 Å². The number of aryl methyl sites for hydroxylation is 1. The number of ether oxygens (including phenoxy) is 1. The molecule has 0 fully saturated rings. The summed E-state index contributed by atoms with van der Waals surface area (Å²) in [6.45, 7) is 2.99. The standard InChI is InChI=1S/C16H21NO3/c1-3-4-8-15-13(10-17-11-16(18)19-2)12-7-5-6-9-14(12)20-15/h5-7,9,17H,3-4,8,10-11H2,1-2H3. The minimum atomic E-state index is -0.257. The molecule has 2 aromatic rings. The van der Waals surface area contributed by atoms with E-state index in [-0.39, 0.29) is 12.5 Å². The van der Waals surface area contributed by atoms with E-state index in [0.717, 1.165) is 41.6 Å². The van der Waals surface area contributed by atoms with Crippen LogP contribution in [0.25, 0.3) is 11.0 Å². The molecule has 1 aromatic heterocycles. The van der Waals surface area contributed by atoms with Crippen LogP contribution in [0.5, 0.6) is 0 Å². The number of benzene rings is 1. The van der Waals surface area contributed by atoms with Gasteiger partial charge in [0, 0.05) is 23.9 Å². The average Bonchev–Trinajstić information content (AvgIpc) is 2.83. The van der Waals surface area contributed by atoms with Crippen molar-refractivity contribution in [3.63, 3.8) is 0 Å². The van der Waals surface area contributed by atoms with Gasteiger partial charge in [-0.3, -0.25) is 4.79 Å². The molecule has 0 aliphatic rings. The van der Waals surface area contributed by atoms with Crippen LogP contribution in [-0.2, 0) is 22.5 Å². The lowest BCUT2D eigenvalue weighted by Gasteiger charge is -2.05. The number of methoxy groups -OCH3 is 1. The Kier molecular flexibility index (Phi) is 5.18. The highest BCUT2D eigenvalue weighted by atomic mass is 16.5. The molecular formula is C16H21NO3. The summed E-state index contributed by atoms with van der Waals surface area (Å²) in [5.74, 6) is 0.762. The zero-order chi connectivity index (χ0) is 14.4. The molecule has 0 aliphatic heterocycles. The van der Waals surface area contributed by atoms with E-state index >= 15 is 0 Å². The second kappa shape index (κ2) is 7.10. The van der Waals surface area contributed by atoms with Crippen molar-refractivity contribution in [2.75, 3.05) is 13.7 Å². The van der Waals surface area contributed by atoms with E-state index in [0.29, 0.717) is 6.54 Å². The number of carbonyl (C=O) groups excluding carboxylic acids is 1. The van der Waals surface area contributed by atoms with Gasteiger partial charge in [-0.1, -0.05) is 31.5 Å². The number of furan rings is 1. The van der Waals surface area contributed by atoms with Gasteiger partial charge in [0.1, 0.15) is 11.3 Å². The number of fused-ring (bicyclic) bond motifs is 1. The number of rotatable bonds is 7. The Morgan fingerprint density at radius 3 is 2.90 bits per heavy atom. The van der Waals surface area contributed by atoms with Gasteiger partial charge in [-0.2, -0.15) is 0 Å². The Hall–Kier alpha value is -1.81.